The second kappa shape index (κ2) is 6.14. The number of nitro benzene ring substituents is 1. The number of nitrogens with zero attached hydrogens (tertiary/aromatic N) is 1. The maximum atomic E-state index is 10.6. The predicted molar refractivity (Wildman–Crippen MR) is 71.6 cm³/mol. The van der Waals surface area contributed by atoms with Crippen molar-refractivity contribution in [2.75, 3.05) is 12.4 Å². The van der Waals surface area contributed by atoms with Crippen LogP contribution in [0.1, 0.15) is 0 Å². The number of benzene rings is 1. The summed E-state index contributed by atoms with van der Waals surface area (Å²) in [7, 11) is 0. The first-order chi connectivity index (χ1) is 7.95. The average Bonchev–Trinajstić information content (AvgIpc) is 2.27. The van der Waals surface area contributed by atoms with Crippen LogP contribution in [0.15, 0.2) is 24.3 Å². The average molecular weight is 294 g/mol. The second-order valence-corrected chi connectivity index (χ2v) is 4.32. The Kier molecular flexibility index (Phi) is 5.11. The number of ether oxygens (including phenoxy) is 1. The number of hydrogen-bond donors (Lipinski definition) is 1. The molecule has 0 spiro atoms. The number of non-ortho nitro benzene ring substituents is 1. The van der Waals surface area contributed by atoms with Crippen LogP contribution in [0.2, 0.25) is 10.0 Å². The van der Waals surface area contributed by atoms with Crippen molar-refractivity contribution in [3.63, 3.8) is 0 Å². The molecule has 0 radical (unpaired) electrons. The van der Waals surface area contributed by atoms with Crippen LogP contribution < -0.4 is 4.74 Å². The van der Waals surface area contributed by atoms with Crippen LogP contribution in [0.5, 0.6) is 5.75 Å². The van der Waals surface area contributed by atoms with Gasteiger partial charge in [-0.2, -0.15) is 12.6 Å². The Morgan fingerprint density at radius 1 is 1.47 bits per heavy atom. The van der Waals surface area contributed by atoms with E-state index >= 15 is 0 Å². The topological polar surface area (TPSA) is 52.4 Å². The first-order valence-electron chi connectivity index (χ1n) is 4.49. The Balaban J connectivity index is 2.94. The number of halogens is 2. The van der Waals surface area contributed by atoms with E-state index in [1.165, 1.54) is 12.1 Å². The minimum atomic E-state index is -0.575. The van der Waals surface area contributed by atoms with Crippen molar-refractivity contribution in [1.82, 2.24) is 0 Å². The van der Waals surface area contributed by atoms with Gasteiger partial charge in [-0.1, -0.05) is 29.8 Å². The molecule has 0 aliphatic heterocycles. The fourth-order valence-corrected chi connectivity index (χ4v) is 1.69. The Hall–Kier alpha value is -0.910. The second-order valence-electron chi connectivity index (χ2n) is 3.19. The van der Waals surface area contributed by atoms with Gasteiger partial charge in [-0.25, -0.2) is 0 Å². The molecule has 1 aromatic rings. The van der Waals surface area contributed by atoms with E-state index in [0.29, 0.717) is 5.75 Å². The van der Waals surface area contributed by atoms with Crippen LogP contribution in [0, 0.1) is 10.1 Å². The lowest BCUT2D eigenvalue weighted by molar-refractivity contribution is -0.384. The monoisotopic (exact) mass is 293 g/mol. The largest absolute Gasteiger partial charge is 0.486 e. The number of thiol groups is 1. The van der Waals surface area contributed by atoms with Crippen molar-refractivity contribution in [2.24, 2.45) is 0 Å². The molecule has 7 heteroatoms. The normalized spacial score (nSPS) is 10.1. The predicted octanol–water partition coefficient (Wildman–Crippen LogP) is 3.77. The Morgan fingerprint density at radius 3 is 2.41 bits per heavy atom. The highest BCUT2D eigenvalue weighted by atomic mass is 35.5. The summed E-state index contributed by atoms with van der Waals surface area (Å²) in [6.45, 7) is 3.91. The summed E-state index contributed by atoms with van der Waals surface area (Å²) in [6, 6.07) is 2.37. The van der Waals surface area contributed by atoms with E-state index in [-0.39, 0.29) is 28.1 Å². The smallest absolute Gasteiger partial charge is 0.272 e. The van der Waals surface area contributed by atoms with Gasteiger partial charge >= 0.3 is 0 Å². The van der Waals surface area contributed by atoms with E-state index in [1.54, 1.807) is 0 Å². The minimum absolute atomic E-state index is 0.0937. The van der Waals surface area contributed by atoms with E-state index in [2.05, 4.69) is 19.2 Å². The molecule has 0 saturated carbocycles. The van der Waals surface area contributed by atoms with E-state index in [1.807, 2.05) is 0 Å². The third kappa shape index (κ3) is 3.80. The van der Waals surface area contributed by atoms with Gasteiger partial charge in [0, 0.05) is 17.9 Å². The maximum absolute atomic E-state index is 10.6. The van der Waals surface area contributed by atoms with Crippen molar-refractivity contribution in [2.45, 2.75) is 0 Å². The van der Waals surface area contributed by atoms with Crippen LogP contribution in [0.3, 0.4) is 0 Å². The highest BCUT2D eigenvalue weighted by Crippen LogP contribution is 2.36. The molecule has 0 atom stereocenters. The van der Waals surface area contributed by atoms with E-state index in [9.17, 15) is 10.1 Å². The standard InChI is InChI=1S/C10H9Cl2NO3S/c1-6(5-17)4-16-10-8(11)2-7(13(14)15)3-9(10)12/h2-3,17H,1,4-5H2. The summed E-state index contributed by atoms with van der Waals surface area (Å²) in [4.78, 5) is 9.98. The van der Waals surface area contributed by atoms with Crippen molar-refractivity contribution >= 4 is 41.5 Å². The Morgan fingerprint density at radius 2 is 2.00 bits per heavy atom. The molecule has 1 aromatic carbocycles. The van der Waals surface area contributed by atoms with Crippen molar-refractivity contribution < 1.29 is 9.66 Å². The zero-order valence-corrected chi connectivity index (χ0v) is 11.1. The van der Waals surface area contributed by atoms with Crippen LogP contribution in [-0.2, 0) is 0 Å². The van der Waals surface area contributed by atoms with Gasteiger partial charge in [-0.15, -0.1) is 0 Å². The zero-order chi connectivity index (χ0) is 13.0. The summed E-state index contributed by atoms with van der Waals surface area (Å²) in [6.07, 6.45) is 0. The fourth-order valence-electron chi connectivity index (χ4n) is 1.01. The first-order valence-corrected chi connectivity index (χ1v) is 5.88. The molecule has 92 valence electrons. The number of rotatable bonds is 5. The highest BCUT2D eigenvalue weighted by molar-refractivity contribution is 7.80. The summed E-state index contributed by atoms with van der Waals surface area (Å²) < 4.78 is 5.32. The van der Waals surface area contributed by atoms with E-state index < -0.39 is 4.92 Å². The first kappa shape index (κ1) is 14.2. The Labute approximate surface area is 114 Å². The van der Waals surface area contributed by atoms with Gasteiger partial charge in [-0.3, -0.25) is 10.1 Å². The molecule has 1 rings (SSSR count). The van der Waals surface area contributed by atoms with E-state index in [0.717, 1.165) is 5.57 Å². The van der Waals surface area contributed by atoms with Gasteiger partial charge in [0.25, 0.3) is 5.69 Å². The summed E-state index contributed by atoms with van der Waals surface area (Å²) in [5.41, 5.74) is 0.569. The van der Waals surface area contributed by atoms with Crippen LogP contribution in [-0.4, -0.2) is 17.3 Å². The summed E-state index contributed by atoms with van der Waals surface area (Å²) in [5.74, 6) is 0.684. The third-order valence-corrected chi connectivity index (χ3v) is 2.85. The van der Waals surface area contributed by atoms with Crippen LogP contribution in [0.4, 0.5) is 5.69 Å². The van der Waals surface area contributed by atoms with Gasteiger partial charge in [-0.05, 0) is 5.57 Å². The molecule has 0 heterocycles. The molecular weight excluding hydrogens is 285 g/mol. The molecule has 0 amide bonds. The Bertz CT molecular complexity index is 442. The molecule has 0 unspecified atom stereocenters. The minimum Gasteiger partial charge on any atom is -0.486 e. The lowest BCUT2D eigenvalue weighted by Gasteiger charge is -2.10. The summed E-state index contributed by atoms with van der Waals surface area (Å²) in [5, 5.41) is 10.7. The molecule has 0 fully saturated rings. The van der Waals surface area contributed by atoms with Crippen LogP contribution >= 0.6 is 35.8 Å². The lowest BCUT2D eigenvalue weighted by atomic mass is 10.3. The van der Waals surface area contributed by atoms with Gasteiger partial charge in [0.05, 0.1) is 15.0 Å². The molecule has 17 heavy (non-hydrogen) atoms. The third-order valence-electron chi connectivity index (χ3n) is 1.84. The summed E-state index contributed by atoms with van der Waals surface area (Å²) >= 11 is 15.7. The highest BCUT2D eigenvalue weighted by Gasteiger charge is 2.15. The van der Waals surface area contributed by atoms with Gasteiger partial charge < -0.3 is 4.74 Å². The molecule has 0 N–H and O–H groups in total. The molecule has 0 aromatic heterocycles. The van der Waals surface area contributed by atoms with E-state index in [4.69, 9.17) is 27.9 Å². The van der Waals surface area contributed by atoms with Crippen LogP contribution in [0.25, 0.3) is 0 Å². The SMILES string of the molecule is C=C(CS)COc1c(Cl)cc([N+](=O)[O-])cc1Cl. The van der Waals surface area contributed by atoms with Crippen molar-refractivity contribution in [1.29, 1.82) is 0 Å². The molecule has 0 bridgehead atoms. The van der Waals surface area contributed by atoms with Crippen molar-refractivity contribution in [3.05, 3.63) is 44.4 Å². The van der Waals surface area contributed by atoms with Gasteiger partial charge in [0.2, 0.25) is 0 Å². The molecule has 4 nitrogen and oxygen atoms in total. The molecule has 0 aliphatic carbocycles. The molecule has 0 saturated heterocycles. The quantitative estimate of drug-likeness (QED) is 0.389. The molecular formula is C10H9Cl2NO3S. The number of hydrogen-bond acceptors (Lipinski definition) is 4. The molecule has 0 aliphatic rings. The van der Waals surface area contributed by atoms with Gasteiger partial charge in [0.15, 0.2) is 5.75 Å². The maximum Gasteiger partial charge on any atom is 0.272 e. The van der Waals surface area contributed by atoms with Gasteiger partial charge in [0.1, 0.15) is 6.61 Å². The zero-order valence-electron chi connectivity index (χ0n) is 8.65. The van der Waals surface area contributed by atoms with Crippen molar-refractivity contribution in [3.8, 4) is 5.75 Å². The fraction of sp³-hybridized carbons (Fsp3) is 0.200. The number of nitro groups is 1. The lowest BCUT2D eigenvalue weighted by Crippen LogP contribution is -2.02.